The van der Waals surface area contributed by atoms with Crippen molar-refractivity contribution >= 4 is 16.2 Å². The second-order valence-corrected chi connectivity index (χ2v) is 10.4. The number of nitrogens with zero attached hydrogens (tertiary/aromatic N) is 1. The summed E-state index contributed by atoms with van der Waals surface area (Å²) in [6, 6.07) is 2.72. The van der Waals surface area contributed by atoms with Crippen molar-refractivity contribution in [1.82, 2.24) is 4.72 Å². The number of rotatable bonds is 7. The van der Waals surface area contributed by atoms with Crippen LogP contribution in [0.4, 0.5) is 26.3 Å². The van der Waals surface area contributed by atoms with Crippen molar-refractivity contribution in [3.63, 3.8) is 0 Å². The lowest BCUT2D eigenvalue weighted by molar-refractivity contribution is -0.137. The molecule has 198 valence electrons. The van der Waals surface area contributed by atoms with Crippen molar-refractivity contribution < 1.29 is 39.9 Å². The number of nitrogens with two attached hydrogens (primary N) is 1. The van der Waals surface area contributed by atoms with Gasteiger partial charge in [0.15, 0.2) is 0 Å². The minimum atomic E-state index is -5.06. The second kappa shape index (κ2) is 10.4. The fraction of sp³-hybridized carbons (Fsp3) is 0.435. The fourth-order valence-corrected chi connectivity index (χ4v) is 5.77. The molecule has 36 heavy (non-hydrogen) atoms. The summed E-state index contributed by atoms with van der Waals surface area (Å²) in [5.41, 5.74) is 4.58. The Bertz CT molecular complexity index is 1230. The first kappa shape index (κ1) is 27.9. The Kier molecular flexibility index (Phi) is 8.06. The van der Waals surface area contributed by atoms with Gasteiger partial charge in [-0.25, -0.2) is 13.1 Å². The van der Waals surface area contributed by atoms with E-state index in [0.29, 0.717) is 18.2 Å². The second-order valence-electron chi connectivity index (χ2n) is 8.70. The van der Waals surface area contributed by atoms with Crippen molar-refractivity contribution in [2.75, 3.05) is 7.05 Å². The molecule has 2 aliphatic carbocycles. The molecule has 1 fully saturated rings. The van der Waals surface area contributed by atoms with E-state index in [-0.39, 0.29) is 30.7 Å². The lowest BCUT2D eigenvalue weighted by Gasteiger charge is -2.19. The number of alkyl halides is 6. The average Bonchev–Trinajstić information content (AvgIpc) is 3.16. The van der Waals surface area contributed by atoms with Crippen molar-refractivity contribution in [1.29, 1.82) is 0 Å². The summed E-state index contributed by atoms with van der Waals surface area (Å²) in [6.45, 7) is -0.535. The molecule has 0 spiro atoms. The molecule has 1 aromatic carbocycles. The third kappa shape index (κ3) is 6.56. The highest BCUT2D eigenvalue weighted by molar-refractivity contribution is 7.94. The van der Waals surface area contributed by atoms with E-state index in [1.807, 2.05) is 12.2 Å². The van der Waals surface area contributed by atoms with Gasteiger partial charge >= 0.3 is 12.4 Å². The maximum atomic E-state index is 13.2. The molecule has 1 aromatic rings. The van der Waals surface area contributed by atoms with Gasteiger partial charge in [0.05, 0.1) is 12.2 Å². The number of sulfonamides is 1. The molecule has 6 nitrogen and oxygen atoms in total. The summed E-state index contributed by atoms with van der Waals surface area (Å²) < 4.78 is 106. The van der Waals surface area contributed by atoms with Gasteiger partial charge in [0.25, 0.3) is 0 Å². The number of allylic oxidation sites excluding steroid dienone is 4. The van der Waals surface area contributed by atoms with Crippen LogP contribution in [-0.2, 0) is 29.2 Å². The van der Waals surface area contributed by atoms with Crippen LogP contribution in [-0.4, -0.2) is 39.0 Å². The molecule has 0 amide bonds. The molecule has 0 aliphatic heterocycles. The van der Waals surface area contributed by atoms with Crippen LogP contribution in [0.1, 0.15) is 36.0 Å². The summed E-state index contributed by atoms with van der Waals surface area (Å²) in [6.07, 6.45) is -4.14. The topological polar surface area (TPSA) is 105 Å². The Morgan fingerprint density at radius 1 is 1.14 bits per heavy atom. The number of aliphatic imine (C=N–C) groups is 1. The normalized spacial score (nSPS) is 21.8. The fourth-order valence-electron chi connectivity index (χ4n) is 4.39. The van der Waals surface area contributed by atoms with E-state index < -0.39 is 51.2 Å². The molecule has 0 heterocycles. The Labute approximate surface area is 204 Å². The van der Waals surface area contributed by atoms with E-state index in [0.717, 1.165) is 30.3 Å². The zero-order valence-corrected chi connectivity index (χ0v) is 19.9. The third-order valence-corrected chi connectivity index (χ3v) is 7.49. The van der Waals surface area contributed by atoms with E-state index in [4.69, 9.17) is 5.73 Å². The first-order valence-corrected chi connectivity index (χ1v) is 12.3. The molecule has 13 heteroatoms. The third-order valence-electron chi connectivity index (χ3n) is 5.94. The van der Waals surface area contributed by atoms with Crippen molar-refractivity contribution in [2.45, 2.75) is 50.7 Å². The molecular formula is C23H25F6N3O3S. The van der Waals surface area contributed by atoms with Crippen molar-refractivity contribution in [3.8, 4) is 0 Å². The van der Waals surface area contributed by atoms with Crippen LogP contribution in [0.25, 0.3) is 0 Å². The highest BCUT2D eigenvalue weighted by Crippen LogP contribution is 2.38. The van der Waals surface area contributed by atoms with Gasteiger partial charge in [0.2, 0.25) is 10.0 Å². The molecular weight excluding hydrogens is 512 g/mol. The summed E-state index contributed by atoms with van der Waals surface area (Å²) in [4.78, 5) is 2.21. The first-order chi connectivity index (χ1) is 16.6. The van der Waals surface area contributed by atoms with E-state index in [1.54, 1.807) is 0 Å². The van der Waals surface area contributed by atoms with Crippen LogP contribution in [0.15, 0.2) is 57.1 Å². The highest BCUT2D eigenvalue weighted by Gasteiger charge is 2.39. The Balaban J connectivity index is 1.77. The first-order valence-electron chi connectivity index (χ1n) is 10.9. The number of hydrogen-bond donors (Lipinski definition) is 3. The number of hydrogen-bond acceptors (Lipinski definition) is 5. The average molecular weight is 538 g/mol. The van der Waals surface area contributed by atoms with Crippen molar-refractivity contribution in [2.24, 2.45) is 16.6 Å². The number of halogens is 6. The van der Waals surface area contributed by atoms with Gasteiger partial charge in [0.1, 0.15) is 10.6 Å². The zero-order chi connectivity index (χ0) is 26.9. The quantitative estimate of drug-likeness (QED) is 0.359. The smallest absolute Gasteiger partial charge is 0.394 e. The number of aliphatic hydroxyl groups excluding tert-OH is 1. The molecule has 2 aliphatic rings. The Hall–Kier alpha value is -2.64. The number of benzene rings is 1. The Morgan fingerprint density at radius 3 is 2.36 bits per heavy atom. The minimum Gasteiger partial charge on any atom is -0.394 e. The van der Waals surface area contributed by atoms with Gasteiger partial charge in [-0.2, -0.15) is 26.3 Å². The molecule has 0 radical (unpaired) electrons. The lowest BCUT2D eigenvalue weighted by atomic mass is 9.87. The molecule has 0 bridgehead atoms. The summed E-state index contributed by atoms with van der Waals surface area (Å²) >= 11 is 0. The van der Waals surface area contributed by atoms with Gasteiger partial charge in [-0.3, -0.25) is 4.99 Å². The molecule has 1 unspecified atom stereocenters. The zero-order valence-electron chi connectivity index (χ0n) is 19.1. The van der Waals surface area contributed by atoms with E-state index >= 15 is 0 Å². The maximum absolute atomic E-state index is 13.2. The molecule has 0 saturated heterocycles. The maximum Gasteiger partial charge on any atom is 0.432 e. The predicted molar refractivity (Wildman–Crippen MR) is 122 cm³/mol. The molecule has 4 N–H and O–H groups in total. The largest absolute Gasteiger partial charge is 0.432 e. The van der Waals surface area contributed by atoms with Crippen LogP contribution < -0.4 is 10.5 Å². The van der Waals surface area contributed by atoms with Crippen LogP contribution >= 0.6 is 0 Å². The Morgan fingerprint density at radius 2 is 1.78 bits per heavy atom. The molecule has 0 aromatic heterocycles. The molecule has 1 saturated carbocycles. The van der Waals surface area contributed by atoms with Crippen LogP contribution in [0.2, 0.25) is 0 Å². The predicted octanol–water partition coefficient (Wildman–Crippen LogP) is 4.13. The number of aliphatic hydroxyl groups is 1. The summed E-state index contributed by atoms with van der Waals surface area (Å²) in [7, 11) is -3.51. The minimum absolute atomic E-state index is 0.146. The monoisotopic (exact) mass is 537 g/mol. The lowest BCUT2D eigenvalue weighted by Crippen LogP contribution is -2.37. The SMILES string of the molecule is CN=CC(=C(N)C(F)(F)F)S(=O)(=O)N[C@H]1CC2=CCC(Cc3cc(CO)cc(C(F)(F)F)c3)C=C2C1. The number of nitrogens with one attached hydrogen (secondary N) is 1. The standard InChI is InChI=1S/C23H25F6N3O3S/c1-31-11-20(21(30)23(27,28)29)36(34,35)32-19-9-16-3-2-13(6-17(16)10-19)4-14-5-15(12-33)8-18(7-14)22(24,25)26/h3,5-8,11,13,19,32-33H,2,4,9-10,12,30H2,1H3/t13?,19-/m0/s1. The van der Waals surface area contributed by atoms with E-state index in [1.165, 1.54) is 6.07 Å². The summed E-state index contributed by atoms with van der Waals surface area (Å²) in [5.74, 6) is -0.169. The van der Waals surface area contributed by atoms with Gasteiger partial charge < -0.3 is 10.8 Å². The van der Waals surface area contributed by atoms with E-state index in [9.17, 15) is 39.9 Å². The van der Waals surface area contributed by atoms with Crippen molar-refractivity contribution in [3.05, 3.63) is 68.8 Å². The molecule has 3 rings (SSSR count). The van der Waals surface area contributed by atoms with Crippen LogP contribution in [0, 0.1) is 5.92 Å². The van der Waals surface area contributed by atoms with Gasteiger partial charge in [0, 0.05) is 19.3 Å². The van der Waals surface area contributed by atoms with E-state index in [2.05, 4.69) is 9.71 Å². The van der Waals surface area contributed by atoms with Crippen LogP contribution in [0.3, 0.4) is 0 Å². The summed E-state index contributed by atoms with van der Waals surface area (Å²) in [5, 5.41) is 9.33. The highest BCUT2D eigenvalue weighted by atomic mass is 32.2. The molecule has 2 atom stereocenters. The number of fused-ring (bicyclic) bond motifs is 1. The van der Waals surface area contributed by atoms with Gasteiger partial charge in [-0.15, -0.1) is 0 Å². The van der Waals surface area contributed by atoms with Gasteiger partial charge in [-0.1, -0.05) is 18.2 Å². The van der Waals surface area contributed by atoms with Crippen LogP contribution in [0.5, 0.6) is 0 Å². The van der Waals surface area contributed by atoms with Gasteiger partial charge in [-0.05, 0) is 66.0 Å².